The Hall–Kier alpha value is -2.94. The van der Waals surface area contributed by atoms with Crippen LogP contribution in [0.5, 0.6) is 0 Å². The lowest BCUT2D eigenvalue weighted by Crippen LogP contribution is -2.44. The van der Waals surface area contributed by atoms with E-state index in [0.717, 1.165) is 35.0 Å². The van der Waals surface area contributed by atoms with Crippen LogP contribution in [0.25, 0.3) is 10.9 Å². The first-order valence-corrected chi connectivity index (χ1v) is 8.85. The molecule has 2 fully saturated rings. The van der Waals surface area contributed by atoms with E-state index in [-0.39, 0.29) is 30.4 Å². The van der Waals surface area contributed by atoms with Gasteiger partial charge in [0.2, 0.25) is 5.91 Å². The highest BCUT2D eigenvalue weighted by Gasteiger charge is 2.53. The third-order valence-electron chi connectivity index (χ3n) is 5.28. The summed E-state index contributed by atoms with van der Waals surface area (Å²) >= 11 is 0. The van der Waals surface area contributed by atoms with Crippen LogP contribution >= 0.6 is 0 Å². The third kappa shape index (κ3) is 2.80. The zero-order chi connectivity index (χ0) is 18.4. The van der Waals surface area contributed by atoms with Gasteiger partial charge in [0.15, 0.2) is 0 Å². The first kappa shape index (κ1) is 16.5. The topological polar surface area (TPSA) is 86.1 Å². The highest BCUT2D eigenvalue weighted by Crippen LogP contribution is 2.47. The summed E-state index contributed by atoms with van der Waals surface area (Å²) in [7, 11) is 0. The smallest absolute Gasteiger partial charge is 0.252 e. The summed E-state index contributed by atoms with van der Waals surface area (Å²) in [5, 5.41) is 12.7. The molecule has 4 rings (SSSR count). The van der Waals surface area contributed by atoms with Crippen LogP contribution in [0.15, 0.2) is 24.3 Å². The fourth-order valence-corrected chi connectivity index (χ4v) is 3.93. The summed E-state index contributed by atoms with van der Waals surface area (Å²) in [6, 6.07) is 9.57. The lowest BCUT2D eigenvalue weighted by atomic mass is 10.0. The number of fused-ring (bicyclic) bond motifs is 2. The minimum absolute atomic E-state index is 0.0884. The number of aromatic nitrogens is 1. The predicted octanol–water partition coefficient (Wildman–Crippen LogP) is 2.09. The molecule has 26 heavy (non-hydrogen) atoms. The summed E-state index contributed by atoms with van der Waals surface area (Å²) < 4.78 is 0. The van der Waals surface area contributed by atoms with Gasteiger partial charge in [-0.1, -0.05) is 11.6 Å². The van der Waals surface area contributed by atoms with Crippen molar-refractivity contribution in [3.8, 4) is 6.07 Å². The zero-order valence-corrected chi connectivity index (χ0v) is 14.8. The lowest BCUT2D eigenvalue weighted by molar-refractivity contribution is -0.131. The zero-order valence-electron chi connectivity index (χ0n) is 14.8. The molecular formula is C20H20N4O2. The van der Waals surface area contributed by atoms with Crippen LogP contribution in [0.4, 0.5) is 0 Å². The summed E-state index contributed by atoms with van der Waals surface area (Å²) in [6.45, 7) is 3.72. The van der Waals surface area contributed by atoms with Gasteiger partial charge in [-0.05, 0) is 50.8 Å². The number of rotatable bonds is 3. The SMILES string of the molecule is Cc1ccc2nc(C)cc(C(=O)NCC(=O)N3[C@H](C#N)C[C@@H]4C[C@@H]43)c2c1. The number of amides is 2. The number of nitrogens with one attached hydrogen (secondary N) is 1. The third-order valence-corrected chi connectivity index (χ3v) is 5.28. The molecule has 1 saturated carbocycles. The first-order chi connectivity index (χ1) is 12.5. The van der Waals surface area contributed by atoms with Crippen molar-refractivity contribution in [3.63, 3.8) is 0 Å². The van der Waals surface area contributed by atoms with Crippen molar-refractivity contribution in [2.24, 2.45) is 5.92 Å². The van der Waals surface area contributed by atoms with Crippen LogP contribution in [0, 0.1) is 31.1 Å². The van der Waals surface area contributed by atoms with Crippen molar-refractivity contribution in [1.29, 1.82) is 5.26 Å². The molecule has 1 N–H and O–H groups in total. The Morgan fingerprint density at radius 2 is 2.12 bits per heavy atom. The Morgan fingerprint density at radius 3 is 2.88 bits per heavy atom. The van der Waals surface area contributed by atoms with Gasteiger partial charge in [-0.2, -0.15) is 5.26 Å². The Labute approximate surface area is 151 Å². The largest absolute Gasteiger partial charge is 0.343 e. The van der Waals surface area contributed by atoms with E-state index >= 15 is 0 Å². The van der Waals surface area contributed by atoms with Crippen molar-refractivity contribution in [3.05, 3.63) is 41.1 Å². The first-order valence-electron chi connectivity index (χ1n) is 8.85. The van der Waals surface area contributed by atoms with Gasteiger partial charge < -0.3 is 10.2 Å². The van der Waals surface area contributed by atoms with Crippen molar-refractivity contribution >= 4 is 22.7 Å². The van der Waals surface area contributed by atoms with Gasteiger partial charge in [0.1, 0.15) is 6.04 Å². The minimum atomic E-state index is -0.352. The van der Waals surface area contributed by atoms with Gasteiger partial charge in [0, 0.05) is 17.1 Å². The molecule has 0 spiro atoms. The molecule has 6 nitrogen and oxygen atoms in total. The molecule has 1 aromatic carbocycles. The molecule has 6 heteroatoms. The van der Waals surface area contributed by atoms with Crippen molar-refractivity contribution in [1.82, 2.24) is 15.2 Å². The predicted molar refractivity (Wildman–Crippen MR) is 96.3 cm³/mol. The molecule has 1 aliphatic carbocycles. The van der Waals surface area contributed by atoms with Crippen molar-refractivity contribution in [2.75, 3.05) is 6.54 Å². The number of nitriles is 1. The molecule has 0 unspecified atom stereocenters. The van der Waals surface area contributed by atoms with Crippen LogP contribution in [-0.4, -0.2) is 40.3 Å². The van der Waals surface area contributed by atoms with Gasteiger partial charge >= 0.3 is 0 Å². The number of carbonyl (C=O) groups excluding carboxylic acids is 2. The lowest BCUT2D eigenvalue weighted by Gasteiger charge is -2.22. The number of nitrogens with zero attached hydrogens (tertiary/aromatic N) is 3. The van der Waals surface area contributed by atoms with E-state index < -0.39 is 0 Å². The molecule has 2 amide bonds. The van der Waals surface area contributed by atoms with E-state index in [9.17, 15) is 14.9 Å². The van der Waals surface area contributed by atoms with E-state index in [1.807, 2.05) is 32.0 Å². The van der Waals surface area contributed by atoms with E-state index in [1.165, 1.54) is 0 Å². The summed E-state index contributed by atoms with van der Waals surface area (Å²) in [6.07, 6.45) is 1.74. The molecule has 1 aliphatic heterocycles. The molecule has 0 bridgehead atoms. The van der Waals surface area contributed by atoms with E-state index in [1.54, 1.807) is 11.0 Å². The quantitative estimate of drug-likeness (QED) is 0.920. The van der Waals surface area contributed by atoms with E-state index in [0.29, 0.717) is 11.5 Å². The van der Waals surface area contributed by atoms with Gasteiger partial charge in [-0.25, -0.2) is 0 Å². The Balaban J connectivity index is 1.52. The number of likely N-dealkylation sites (tertiary alicyclic amines) is 1. The van der Waals surface area contributed by atoms with E-state index in [2.05, 4.69) is 16.4 Å². The number of benzene rings is 1. The molecule has 0 radical (unpaired) electrons. The fourth-order valence-electron chi connectivity index (χ4n) is 3.93. The molecule has 1 saturated heterocycles. The fraction of sp³-hybridized carbons (Fsp3) is 0.400. The second kappa shape index (κ2) is 6.10. The standard InChI is InChI=1S/C20H20N4O2/c1-11-3-4-17-15(5-11)16(6-12(2)23-17)20(26)22-10-19(25)24-14(9-21)7-13-8-18(13)24/h3-6,13-14,18H,7-8,10H2,1-2H3,(H,22,26)/t13-,14+,18+/m1/s1. The average Bonchev–Trinajstić information content (AvgIpc) is 3.28. The maximum atomic E-state index is 12.7. The molecule has 1 aromatic heterocycles. The van der Waals surface area contributed by atoms with Crippen LogP contribution in [0.3, 0.4) is 0 Å². The maximum Gasteiger partial charge on any atom is 0.252 e. The average molecular weight is 348 g/mol. The highest BCUT2D eigenvalue weighted by molar-refractivity contribution is 6.07. The number of aryl methyl sites for hydroxylation is 2. The molecule has 3 atom stereocenters. The molecule has 132 valence electrons. The normalized spacial score (nSPS) is 23.4. The van der Waals surface area contributed by atoms with Gasteiger partial charge in [0.05, 0.1) is 23.7 Å². The second-order valence-electron chi connectivity index (χ2n) is 7.26. The van der Waals surface area contributed by atoms with E-state index in [4.69, 9.17) is 0 Å². The van der Waals surface area contributed by atoms with Gasteiger partial charge in [0.25, 0.3) is 5.91 Å². The van der Waals surface area contributed by atoms with Crippen molar-refractivity contribution < 1.29 is 9.59 Å². The maximum absolute atomic E-state index is 12.7. The monoisotopic (exact) mass is 348 g/mol. The molecular weight excluding hydrogens is 328 g/mol. The Bertz CT molecular complexity index is 962. The number of pyridine rings is 1. The molecule has 2 heterocycles. The van der Waals surface area contributed by atoms with Crippen LogP contribution in [-0.2, 0) is 4.79 Å². The number of carbonyl (C=O) groups is 2. The minimum Gasteiger partial charge on any atom is -0.343 e. The number of hydrogen-bond acceptors (Lipinski definition) is 4. The summed E-state index contributed by atoms with van der Waals surface area (Å²) in [5.41, 5.74) is 3.08. The summed E-state index contributed by atoms with van der Waals surface area (Å²) in [4.78, 5) is 31.4. The second-order valence-corrected chi connectivity index (χ2v) is 7.26. The Kier molecular flexibility index (Phi) is 3.87. The number of hydrogen-bond donors (Lipinski definition) is 1. The highest BCUT2D eigenvalue weighted by atomic mass is 16.2. The summed E-state index contributed by atoms with van der Waals surface area (Å²) in [5.74, 6) is -0.00488. The molecule has 2 aromatic rings. The number of piperidine rings is 1. The Morgan fingerprint density at radius 1 is 1.31 bits per heavy atom. The van der Waals surface area contributed by atoms with Gasteiger partial charge in [-0.3, -0.25) is 14.6 Å². The molecule has 2 aliphatic rings. The van der Waals surface area contributed by atoms with Crippen LogP contribution < -0.4 is 5.32 Å². The van der Waals surface area contributed by atoms with Crippen LogP contribution in [0.2, 0.25) is 0 Å². The van der Waals surface area contributed by atoms with Crippen LogP contribution in [0.1, 0.15) is 34.5 Å². The van der Waals surface area contributed by atoms with Gasteiger partial charge in [-0.15, -0.1) is 0 Å². The van der Waals surface area contributed by atoms with Crippen molar-refractivity contribution in [2.45, 2.75) is 38.8 Å².